The predicted octanol–water partition coefficient (Wildman–Crippen LogP) is 3.06. The van der Waals surface area contributed by atoms with Crippen molar-refractivity contribution in [1.82, 2.24) is 0 Å². The van der Waals surface area contributed by atoms with Crippen molar-refractivity contribution < 1.29 is 9.94 Å². The van der Waals surface area contributed by atoms with E-state index in [0.29, 0.717) is 0 Å². The first kappa shape index (κ1) is 11.4. The lowest BCUT2D eigenvalue weighted by atomic mass is 10.0. The lowest BCUT2D eigenvalue weighted by molar-refractivity contribution is 0.296. The average Bonchev–Trinajstić information content (AvgIpc) is 2.39. The summed E-state index contributed by atoms with van der Waals surface area (Å²) in [4.78, 5) is 0. The smallest absolute Gasteiger partial charge is 0.126 e. The lowest BCUT2D eigenvalue weighted by Gasteiger charge is -2.22. The zero-order chi connectivity index (χ0) is 12.3. The molecule has 0 aromatic heterocycles. The van der Waals surface area contributed by atoms with Crippen molar-refractivity contribution in [1.29, 1.82) is 0 Å². The van der Waals surface area contributed by atoms with E-state index in [9.17, 15) is 5.21 Å². The Bertz CT molecular complexity index is 512. The molecule has 2 rings (SSSR count). The van der Waals surface area contributed by atoms with Crippen molar-refractivity contribution in [2.75, 3.05) is 12.3 Å². The molecule has 2 aromatic rings. The fraction of sp³-hybridized carbons (Fsp3) is 0.0769. The third-order valence-electron chi connectivity index (χ3n) is 2.49. The average molecular weight is 230 g/mol. The van der Waals surface area contributed by atoms with E-state index in [2.05, 4.69) is 0 Å². The second-order valence-electron chi connectivity index (χ2n) is 3.52. The first-order valence-corrected chi connectivity index (χ1v) is 5.12. The Hall–Kier alpha value is -2.04. The molecule has 4 nitrogen and oxygen atoms in total. The van der Waals surface area contributed by atoms with Gasteiger partial charge in [0.15, 0.2) is 0 Å². The maximum Gasteiger partial charge on any atom is 0.126 e. The monoisotopic (exact) mass is 230 g/mol. The van der Waals surface area contributed by atoms with E-state index in [0.717, 1.165) is 16.9 Å². The number of hydrogen-bond donors (Lipinski definition) is 1. The Balaban J connectivity index is 2.49. The first-order chi connectivity index (χ1) is 8.22. The number of benzene rings is 2. The topological polar surface area (TPSA) is 55.8 Å². The summed E-state index contributed by atoms with van der Waals surface area (Å²) in [7, 11) is 1.59. The van der Waals surface area contributed by atoms with Gasteiger partial charge in [-0.2, -0.15) is 0 Å². The van der Waals surface area contributed by atoms with E-state index in [1.54, 1.807) is 19.2 Å². The van der Waals surface area contributed by atoms with Crippen molar-refractivity contribution in [2.24, 2.45) is 0 Å². The summed E-state index contributed by atoms with van der Waals surface area (Å²) in [5, 5.41) is 19.5. The molecule has 0 spiro atoms. The number of rotatable bonds is 3. The maximum atomic E-state index is 10.8. The molecule has 0 bridgehead atoms. The highest BCUT2D eigenvalue weighted by molar-refractivity contribution is 5.73. The number of nitrogens with zero attached hydrogens (tertiary/aromatic N) is 1. The van der Waals surface area contributed by atoms with Crippen LogP contribution in [0.2, 0.25) is 0 Å². The second kappa shape index (κ2) is 4.86. The van der Waals surface area contributed by atoms with Crippen molar-refractivity contribution in [3.05, 3.63) is 53.7 Å². The molecular weight excluding hydrogens is 218 g/mol. The molecule has 0 radical (unpaired) electrons. The number of hydrogen-bond acceptors (Lipinski definition) is 4. The van der Waals surface area contributed by atoms with Crippen LogP contribution in [0.1, 0.15) is 0 Å². The van der Waals surface area contributed by atoms with Crippen LogP contribution in [0.15, 0.2) is 48.5 Å². The highest BCUT2D eigenvalue weighted by atomic mass is 16.8. The maximum absolute atomic E-state index is 10.8. The Morgan fingerprint density at radius 3 is 2.59 bits per heavy atom. The molecule has 4 heteroatoms. The normalized spacial score (nSPS) is 10.1. The summed E-state index contributed by atoms with van der Waals surface area (Å²) >= 11 is 0. The van der Waals surface area contributed by atoms with Gasteiger partial charge in [-0.25, -0.2) is 0 Å². The molecule has 17 heavy (non-hydrogen) atoms. The zero-order valence-corrected chi connectivity index (χ0v) is 9.33. The van der Waals surface area contributed by atoms with Crippen LogP contribution >= 0.6 is 0 Å². The number of anilines is 1. The van der Waals surface area contributed by atoms with Crippen LogP contribution in [0.25, 0.3) is 11.1 Å². The molecule has 0 saturated heterocycles. The summed E-state index contributed by atoms with van der Waals surface area (Å²) in [5.41, 5.74) is 1.88. The van der Waals surface area contributed by atoms with Crippen molar-refractivity contribution in [3.8, 4) is 16.9 Å². The van der Waals surface area contributed by atoms with Crippen LogP contribution in [-0.2, 0) is 0 Å². The minimum atomic E-state index is -0.154. The van der Waals surface area contributed by atoms with Gasteiger partial charge >= 0.3 is 0 Å². The van der Waals surface area contributed by atoms with Gasteiger partial charge in [-0.15, -0.1) is 0 Å². The first-order valence-electron chi connectivity index (χ1n) is 5.12. The SMILES string of the molecule is COc1ccccc1-c1cccc(N([O-])O)c1. The fourth-order valence-corrected chi connectivity index (χ4v) is 1.68. The Kier molecular flexibility index (Phi) is 3.27. The largest absolute Gasteiger partial charge is 0.733 e. The minimum Gasteiger partial charge on any atom is -0.733 e. The predicted molar refractivity (Wildman–Crippen MR) is 66.1 cm³/mol. The molecule has 0 fully saturated rings. The molecule has 0 aliphatic carbocycles. The summed E-state index contributed by atoms with van der Waals surface area (Å²) in [6.45, 7) is 0. The van der Waals surface area contributed by atoms with Crippen molar-refractivity contribution >= 4 is 5.69 Å². The molecule has 88 valence electrons. The molecule has 0 aliphatic heterocycles. The number of ether oxygens (including phenoxy) is 1. The van der Waals surface area contributed by atoms with Crippen molar-refractivity contribution in [2.45, 2.75) is 0 Å². The van der Waals surface area contributed by atoms with E-state index in [1.807, 2.05) is 30.3 Å². The van der Waals surface area contributed by atoms with Gasteiger partial charge in [0.1, 0.15) is 5.75 Å². The second-order valence-corrected chi connectivity index (χ2v) is 3.52. The van der Waals surface area contributed by atoms with Gasteiger partial charge in [0, 0.05) is 5.56 Å². The summed E-state index contributed by atoms with van der Waals surface area (Å²) in [6.07, 6.45) is 0. The molecule has 2 aromatic carbocycles. The standard InChI is InChI=1S/C13H12NO3/c1-17-13-8-3-2-7-12(13)10-5-4-6-11(9-10)14(15)16/h2-9,15H,1H3/q-1. The van der Waals surface area contributed by atoms with Gasteiger partial charge in [-0.3, -0.25) is 5.21 Å². The third-order valence-corrected chi connectivity index (χ3v) is 2.49. The van der Waals surface area contributed by atoms with Gasteiger partial charge in [-0.05, 0) is 23.8 Å². The van der Waals surface area contributed by atoms with Crippen LogP contribution < -0.4 is 9.96 Å². The van der Waals surface area contributed by atoms with Crippen LogP contribution in [0.5, 0.6) is 5.75 Å². The Morgan fingerprint density at radius 2 is 1.88 bits per heavy atom. The molecular formula is C13H12NO3-. The van der Waals surface area contributed by atoms with Gasteiger partial charge in [0.05, 0.1) is 12.8 Å². The molecule has 0 amide bonds. The van der Waals surface area contributed by atoms with E-state index in [4.69, 9.17) is 9.94 Å². The van der Waals surface area contributed by atoms with Crippen LogP contribution in [-0.4, -0.2) is 12.3 Å². The van der Waals surface area contributed by atoms with Crippen LogP contribution in [0, 0.1) is 5.21 Å². The highest BCUT2D eigenvalue weighted by Crippen LogP contribution is 2.31. The summed E-state index contributed by atoms with van der Waals surface area (Å²) in [6, 6.07) is 14.2. The fourth-order valence-electron chi connectivity index (χ4n) is 1.68. The molecule has 0 saturated carbocycles. The minimum absolute atomic E-state index is 0.154. The number of para-hydroxylation sites is 1. The summed E-state index contributed by atoms with van der Waals surface area (Å²) < 4.78 is 5.25. The molecule has 0 atom stereocenters. The van der Waals surface area contributed by atoms with E-state index in [1.165, 1.54) is 6.07 Å². The molecule has 0 unspecified atom stereocenters. The zero-order valence-electron chi connectivity index (χ0n) is 9.33. The third kappa shape index (κ3) is 2.38. The quantitative estimate of drug-likeness (QED) is 0.823. The van der Waals surface area contributed by atoms with Gasteiger partial charge in [0.25, 0.3) is 0 Å². The Morgan fingerprint density at radius 1 is 1.12 bits per heavy atom. The lowest BCUT2D eigenvalue weighted by Crippen LogP contribution is -2.06. The highest BCUT2D eigenvalue weighted by Gasteiger charge is 2.05. The number of methoxy groups -OCH3 is 1. The Labute approximate surface area is 99.2 Å². The van der Waals surface area contributed by atoms with E-state index < -0.39 is 0 Å². The van der Waals surface area contributed by atoms with Gasteiger partial charge < -0.3 is 15.2 Å². The molecule has 0 aliphatic rings. The summed E-state index contributed by atoms with van der Waals surface area (Å²) in [5.74, 6) is 0.722. The van der Waals surface area contributed by atoms with E-state index >= 15 is 0 Å². The van der Waals surface area contributed by atoms with Gasteiger partial charge in [0.2, 0.25) is 0 Å². The van der Waals surface area contributed by atoms with Crippen molar-refractivity contribution in [3.63, 3.8) is 0 Å². The molecule has 1 N–H and O–H groups in total. The van der Waals surface area contributed by atoms with Crippen LogP contribution in [0.4, 0.5) is 5.69 Å². The van der Waals surface area contributed by atoms with E-state index in [-0.39, 0.29) is 10.9 Å². The van der Waals surface area contributed by atoms with Gasteiger partial charge in [-0.1, -0.05) is 30.3 Å². The molecule has 0 heterocycles. The van der Waals surface area contributed by atoms with Crippen LogP contribution in [0.3, 0.4) is 0 Å².